The van der Waals surface area contributed by atoms with Crippen LogP contribution in [0.2, 0.25) is 0 Å². The summed E-state index contributed by atoms with van der Waals surface area (Å²) in [6.07, 6.45) is 3.53. The molecule has 1 rings (SSSR count). The Hall–Kier alpha value is -0.170. The van der Waals surface area contributed by atoms with Gasteiger partial charge in [0.2, 0.25) is 0 Å². The number of hydrogen-bond donors (Lipinski definition) is 1. The summed E-state index contributed by atoms with van der Waals surface area (Å²) in [6.45, 7) is 7.08. The van der Waals surface area contributed by atoms with E-state index >= 15 is 0 Å². The van der Waals surface area contributed by atoms with Crippen molar-refractivity contribution >= 4 is 10.2 Å². The molecule has 5 nitrogen and oxygen atoms in total. The molecule has 0 bridgehead atoms. The first kappa shape index (κ1) is 15.9. The fraction of sp³-hybridized carbons (Fsp3) is 1.00. The number of nitrogens with zero attached hydrogens (tertiary/aromatic N) is 2. The molecule has 1 saturated heterocycles. The maximum Gasteiger partial charge on any atom is 0.281 e. The Morgan fingerprint density at radius 3 is 2.06 bits per heavy atom. The molecule has 0 spiro atoms. The predicted octanol–water partition coefficient (Wildman–Crippen LogP) is 1.04. The van der Waals surface area contributed by atoms with Gasteiger partial charge in [-0.2, -0.15) is 17.0 Å². The van der Waals surface area contributed by atoms with Gasteiger partial charge in [0.15, 0.2) is 0 Å². The average Bonchev–Trinajstić information content (AvgIpc) is 2.38. The van der Waals surface area contributed by atoms with Crippen LogP contribution in [0, 0.1) is 0 Å². The predicted molar refractivity (Wildman–Crippen MR) is 74.7 cm³/mol. The summed E-state index contributed by atoms with van der Waals surface area (Å²) >= 11 is 0. The van der Waals surface area contributed by atoms with Crippen molar-refractivity contribution in [1.82, 2.24) is 13.9 Å². The molecule has 0 radical (unpaired) electrons. The van der Waals surface area contributed by atoms with Crippen molar-refractivity contribution in [3.63, 3.8) is 0 Å². The third-order valence-corrected chi connectivity index (χ3v) is 5.50. The van der Waals surface area contributed by atoms with E-state index in [9.17, 15) is 8.42 Å². The zero-order chi connectivity index (χ0) is 13.6. The van der Waals surface area contributed by atoms with Gasteiger partial charge < -0.3 is 5.32 Å². The standard InChI is InChI=1S/C12H27N3O2S/c1-4-10-15(11-5-2)18(16,17)14(3)12-6-8-13-9-7-12/h12-13H,4-11H2,1-3H3. The van der Waals surface area contributed by atoms with Crippen molar-refractivity contribution in [3.05, 3.63) is 0 Å². The van der Waals surface area contributed by atoms with Gasteiger partial charge in [-0.1, -0.05) is 13.8 Å². The zero-order valence-electron chi connectivity index (χ0n) is 11.9. The van der Waals surface area contributed by atoms with Crippen LogP contribution in [0.25, 0.3) is 0 Å². The van der Waals surface area contributed by atoms with E-state index in [-0.39, 0.29) is 6.04 Å². The normalized spacial score (nSPS) is 18.7. The Morgan fingerprint density at radius 1 is 1.11 bits per heavy atom. The molecular weight excluding hydrogens is 250 g/mol. The summed E-state index contributed by atoms with van der Waals surface area (Å²) < 4.78 is 28.3. The summed E-state index contributed by atoms with van der Waals surface area (Å²) in [7, 11) is -1.56. The minimum atomic E-state index is -3.29. The monoisotopic (exact) mass is 277 g/mol. The number of nitrogens with one attached hydrogen (secondary N) is 1. The van der Waals surface area contributed by atoms with Gasteiger partial charge >= 0.3 is 0 Å². The van der Waals surface area contributed by atoms with Crippen LogP contribution in [0.5, 0.6) is 0 Å². The topological polar surface area (TPSA) is 52.7 Å². The molecule has 0 amide bonds. The van der Waals surface area contributed by atoms with Crippen molar-refractivity contribution in [2.75, 3.05) is 33.2 Å². The molecule has 0 atom stereocenters. The first-order valence-electron chi connectivity index (χ1n) is 6.97. The maximum atomic E-state index is 12.5. The molecule has 0 aromatic rings. The number of hydrogen-bond acceptors (Lipinski definition) is 3. The second kappa shape index (κ2) is 7.43. The third-order valence-electron chi connectivity index (χ3n) is 3.46. The lowest BCUT2D eigenvalue weighted by atomic mass is 10.1. The maximum absolute atomic E-state index is 12.5. The molecule has 18 heavy (non-hydrogen) atoms. The van der Waals surface area contributed by atoms with Crippen LogP contribution >= 0.6 is 0 Å². The fourth-order valence-electron chi connectivity index (χ4n) is 2.38. The summed E-state index contributed by atoms with van der Waals surface area (Å²) in [5.41, 5.74) is 0. The van der Waals surface area contributed by atoms with Crippen molar-refractivity contribution in [1.29, 1.82) is 0 Å². The highest BCUT2D eigenvalue weighted by Gasteiger charge is 2.31. The summed E-state index contributed by atoms with van der Waals surface area (Å²) in [6, 6.07) is 0.146. The minimum absolute atomic E-state index is 0.146. The van der Waals surface area contributed by atoms with Gasteiger partial charge in [0.1, 0.15) is 0 Å². The second-order valence-corrected chi connectivity index (χ2v) is 6.89. The van der Waals surface area contributed by atoms with Crippen LogP contribution in [0.15, 0.2) is 0 Å². The molecule has 0 aliphatic carbocycles. The average molecular weight is 277 g/mol. The van der Waals surface area contributed by atoms with E-state index in [2.05, 4.69) is 5.32 Å². The molecule has 0 aromatic heterocycles. The van der Waals surface area contributed by atoms with E-state index in [0.717, 1.165) is 38.8 Å². The molecule has 1 aliphatic rings. The summed E-state index contributed by atoms with van der Waals surface area (Å²) in [5, 5.41) is 3.27. The van der Waals surface area contributed by atoms with E-state index in [4.69, 9.17) is 0 Å². The lowest BCUT2D eigenvalue weighted by Gasteiger charge is -2.34. The van der Waals surface area contributed by atoms with Crippen molar-refractivity contribution in [3.8, 4) is 0 Å². The van der Waals surface area contributed by atoms with Crippen LogP contribution < -0.4 is 5.32 Å². The lowest BCUT2D eigenvalue weighted by molar-refractivity contribution is 0.270. The molecule has 108 valence electrons. The fourth-order valence-corrected chi connectivity index (χ4v) is 4.16. The van der Waals surface area contributed by atoms with Gasteiger partial charge in [-0.15, -0.1) is 0 Å². The van der Waals surface area contributed by atoms with E-state index in [1.807, 2.05) is 13.8 Å². The van der Waals surface area contributed by atoms with Crippen LogP contribution in [-0.2, 0) is 10.2 Å². The molecule has 1 fully saturated rings. The van der Waals surface area contributed by atoms with Crippen molar-refractivity contribution in [2.24, 2.45) is 0 Å². The number of rotatable bonds is 7. The molecule has 1 aliphatic heterocycles. The molecule has 1 heterocycles. The Labute approximate surface area is 112 Å². The van der Waals surface area contributed by atoms with Gasteiger partial charge in [0.25, 0.3) is 10.2 Å². The van der Waals surface area contributed by atoms with Gasteiger partial charge in [0.05, 0.1) is 0 Å². The quantitative estimate of drug-likeness (QED) is 0.756. The van der Waals surface area contributed by atoms with E-state index in [1.54, 1.807) is 15.7 Å². The van der Waals surface area contributed by atoms with Crippen LogP contribution in [0.1, 0.15) is 39.5 Å². The van der Waals surface area contributed by atoms with Crippen LogP contribution in [0.3, 0.4) is 0 Å². The molecule has 0 aromatic carbocycles. The second-order valence-electron chi connectivity index (χ2n) is 4.90. The van der Waals surface area contributed by atoms with Gasteiger partial charge in [0, 0.05) is 26.2 Å². The van der Waals surface area contributed by atoms with E-state index in [0.29, 0.717) is 13.1 Å². The molecule has 6 heteroatoms. The Balaban J connectivity index is 2.74. The highest BCUT2D eigenvalue weighted by Crippen LogP contribution is 2.17. The molecule has 0 unspecified atom stereocenters. The van der Waals surface area contributed by atoms with Gasteiger partial charge in [-0.05, 0) is 38.8 Å². The SMILES string of the molecule is CCCN(CCC)S(=O)(=O)N(C)C1CCNCC1. The highest BCUT2D eigenvalue weighted by atomic mass is 32.2. The lowest BCUT2D eigenvalue weighted by Crippen LogP contribution is -2.50. The first-order valence-corrected chi connectivity index (χ1v) is 8.37. The molecular formula is C12H27N3O2S. The summed E-state index contributed by atoms with van der Waals surface area (Å²) in [4.78, 5) is 0. The van der Waals surface area contributed by atoms with Crippen LogP contribution in [-0.4, -0.2) is 56.3 Å². The minimum Gasteiger partial charge on any atom is -0.317 e. The largest absolute Gasteiger partial charge is 0.317 e. The Morgan fingerprint density at radius 2 is 1.61 bits per heavy atom. The van der Waals surface area contributed by atoms with E-state index in [1.165, 1.54) is 0 Å². The Bertz CT molecular complexity index is 320. The zero-order valence-corrected chi connectivity index (χ0v) is 12.7. The summed E-state index contributed by atoms with van der Waals surface area (Å²) in [5.74, 6) is 0. The van der Waals surface area contributed by atoms with Crippen LogP contribution in [0.4, 0.5) is 0 Å². The molecule has 0 saturated carbocycles. The highest BCUT2D eigenvalue weighted by molar-refractivity contribution is 7.86. The molecule has 1 N–H and O–H groups in total. The Kier molecular flexibility index (Phi) is 6.55. The van der Waals surface area contributed by atoms with Crippen molar-refractivity contribution in [2.45, 2.75) is 45.6 Å². The smallest absolute Gasteiger partial charge is 0.281 e. The number of piperidine rings is 1. The van der Waals surface area contributed by atoms with Gasteiger partial charge in [-0.3, -0.25) is 0 Å². The first-order chi connectivity index (χ1) is 8.54. The van der Waals surface area contributed by atoms with Gasteiger partial charge in [-0.25, -0.2) is 0 Å². The third kappa shape index (κ3) is 3.91. The van der Waals surface area contributed by atoms with Crippen molar-refractivity contribution < 1.29 is 8.42 Å². The van der Waals surface area contributed by atoms with E-state index < -0.39 is 10.2 Å².